The van der Waals surface area contributed by atoms with Gasteiger partial charge in [-0.3, -0.25) is 9.69 Å². The van der Waals surface area contributed by atoms with Crippen molar-refractivity contribution >= 4 is 28.9 Å². The van der Waals surface area contributed by atoms with E-state index in [0.29, 0.717) is 25.4 Å². The smallest absolute Gasteiger partial charge is 0.407 e. The second-order valence-corrected chi connectivity index (χ2v) is 18.4. The number of aromatic nitrogens is 4. The van der Waals surface area contributed by atoms with Crippen molar-refractivity contribution in [3.05, 3.63) is 84.7 Å². The number of methoxy groups -OCH3 is 3. The molecule has 2 aliphatic heterocycles. The molecule has 1 unspecified atom stereocenters. The van der Waals surface area contributed by atoms with Gasteiger partial charge in [0.1, 0.15) is 23.9 Å². The van der Waals surface area contributed by atoms with Crippen LogP contribution < -0.4 is 10.6 Å². The molecule has 5 N–H and O–H groups in total. The van der Waals surface area contributed by atoms with E-state index in [2.05, 4.69) is 86.2 Å². The molecule has 4 heterocycles. The lowest BCUT2D eigenvalue weighted by Crippen LogP contribution is -2.54. The third-order valence-corrected chi connectivity index (χ3v) is 13.3. The number of aliphatic hydroxyl groups is 1. The number of carbonyl (C=O) groups excluding carboxylic acids is 3. The molecule has 334 valence electrons. The lowest BCUT2D eigenvalue weighted by molar-refractivity contribution is -0.135. The first-order chi connectivity index (χ1) is 30.3. The molecule has 0 radical (unpaired) electrons. The molecule has 2 saturated heterocycles. The van der Waals surface area contributed by atoms with Crippen LogP contribution in [0.1, 0.15) is 77.1 Å². The number of nitrogens with one attached hydrogen (secondary N) is 4. The van der Waals surface area contributed by atoms with E-state index in [4.69, 9.17) is 24.2 Å². The maximum absolute atomic E-state index is 13.9. The number of amides is 3. The van der Waals surface area contributed by atoms with Crippen LogP contribution in [0.3, 0.4) is 0 Å². The highest BCUT2D eigenvalue weighted by molar-refractivity contribution is 5.91. The van der Waals surface area contributed by atoms with Gasteiger partial charge in [0.25, 0.3) is 0 Å². The molecule has 2 aromatic heterocycles. The Labute approximate surface area is 368 Å². The van der Waals surface area contributed by atoms with Crippen molar-refractivity contribution in [1.29, 1.82) is 0 Å². The van der Waals surface area contributed by atoms with Crippen LogP contribution in [-0.2, 0) is 19.0 Å². The normalized spacial score (nSPS) is 20.9. The summed E-state index contributed by atoms with van der Waals surface area (Å²) in [6.45, 7) is 9.53. The summed E-state index contributed by atoms with van der Waals surface area (Å²) >= 11 is 0. The number of ether oxygens (including phenoxy) is 3. The first-order valence-electron chi connectivity index (χ1n) is 22.0. The SMILES string of the molecule is COC[C@H]1C[C@@H](c2ncc(-c3ccc(-c4ccc5cc(-c6cnc([C@@H]7CC8(CC8)CN7C(O)[C@@H](NC(=O)OC)C(C)C)[nH]6)ccc5c4)cc3)[nH]2)N(C(=O)[C@@H](NC(=O)OC)C(C)C)C1. The summed E-state index contributed by atoms with van der Waals surface area (Å²) in [5.74, 6) is 1.31. The van der Waals surface area contributed by atoms with Crippen LogP contribution in [0.25, 0.3) is 44.4 Å². The number of imidazole rings is 2. The number of aliphatic hydroxyl groups excluding tert-OH is 1. The minimum absolute atomic E-state index is 0.00945. The van der Waals surface area contributed by atoms with E-state index in [0.717, 1.165) is 76.0 Å². The Morgan fingerprint density at radius 2 is 1.35 bits per heavy atom. The zero-order valence-corrected chi connectivity index (χ0v) is 37.2. The largest absolute Gasteiger partial charge is 0.453 e. The van der Waals surface area contributed by atoms with E-state index in [1.165, 1.54) is 14.2 Å². The highest BCUT2D eigenvalue weighted by Gasteiger charge is 2.55. The summed E-state index contributed by atoms with van der Waals surface area (Å²) in [5.41, 5.74) is 6.09. The van der Waals surface area contributed by atoms with Crippen molar-refractivity contribution in [2.75, 3.05) is 41.0 Å². The van der Waals surface area contributed by atoms with E-state index < -0.39 is 30.5 Å². The van der Waals surface area contributed by atoms with E-state index >= 15 is 0 Å². The zero-order valence-electron chi connectivity index (χ0n) is 37.2. The van der Waals surface area contributed by atoms with Crippen LogP contribution in [0.5, 0.6) is 0 Å². The number of hydrogen-bond acceptors (Lipinski definition) is 10. The molecule has 63 heavy (non-hydrogen) atoms. The number of likely N-dealkylation sites (tertiary alicyclic amines) is 2. The number of carbonyl (C=O) groups is 3. The maximum atomic E-state index is 13.9. The third kappa shape index (κ3) is 9.18. The second-order valence-electron chi connectivity index (χ2n) is 18.4. The Morgan fingerprint density at radius 3 is 1.95 bits per heavy atom. The van der Waals surface area contributed by atoms with Gasteiger partial charge in [0, 0.05) is 31.7 Å². The number of benzene rings is 3. The molecule has 3 amide bonds. The van der Waals surface area contributed by atoms with Gasteiger partial charge in [-0.15, -0.1) is 0 Å². The zero-order chi connectivity index (χ0) is 44.6. The molecule has 3 aliphatic rings. The standard InChI is InChI=1S/C48H60N8O7/c1-27(2)40(53-46(59)62-6)44(57)55-24-29(25-61-5)18-38(55)42-49-22-36(51-42)31-10-8-30(9-11-31)32-12-13-34-20-35(15-14-33(34)19-32)37-23-50-43(52-37)39-21-48(16-17-48)26-56(39)45(58)41(28(3)4)54-47(60)63-7/h8-15,19-20,22-23,27-29,38-41,45,58H,16-18,21,24-26H2,1-7H3,(H,49,51)(H,50,52)(H,53,59)(H,54,60)/t29-,38-,39-,40-,41-,45?/m0/s1. The average molecular weight is 861 g/mol. The maximum Gasteiger partial charge on any atom is 0.407 e. The molecule has 0 bridgehead atoms. The molecule has 1 spiro atoms. The Balaban J connectivity index is 0.962. The van der Waals surface area contributed by atoms with Crippen LogP contribution >= 0.6 is 0 Å². The number of hydrogen-bond donors (Lipinski definition) is 5. The lowest BCUT2D eigenvalue weighted by atomic mass is 9.98. The molecule has 5 aromatic rings. The van der Waals surface area contributed by atoms with Gasteiger partial charge >= 0.3 is 12.2 Å². The summed E-state index contributed by atoms with van der Waals surface area (Å²) < 4.78 is 15.1. The van der Waals surface area contributed by atoms with Crippen LogP contribution in [0.4, 0.5) is 9.59 Å². The molecule has 8 rings (SSSR count). The van der Waals surface area contributed by atoms with Gasteiger partial charge < -0.3 is 44.8 Å². The summed E-state index contributed by atoms with van der Waals surface area (Å²) in [6.07, 6.45) is 5.43. The van der Waals surface area contributed by atoms with Crippen molar-refractivity contribution in [3.63, 3.8) is 0 Å². The summed E-state index contributed by atoms with van der Waals surface area (Å²) in [5, 5.41) is 19.4. The van der Waals surface area contributed by atoms with Gasteiger partial charge in [-0.05, 0) is 82.5 Å². The highest BCUT2D eigenvalue weighted by atomic mass is 16.5. The van der Waals surface area contributed by atoms with E-state index in [-0.39, 0.29) is 41.2 Å². The highest BCUT2D eigenvalue weighted by Crippen LogP contribution is 2.59. The topological polar surface area (TPSA) is 187 Å². The summed E-state index contributed by atoms with van der Waals surface area (Å²) in [7, 11) is 4.29. The van der Waals surface area contributed by atoms with Gasteiger partial charge in [0.05, 0.1) is 62.7 Å². The monoisotopic (exact) mass is 860 g/mol. The van der Waals surface area contributed by atoms with E-state index in [1.807, 2.05) is 45.0 Å². The fourth-order valence-corrected chi connectivity index (χ4v) is 9.55. The third-order valence-electron chi connectivity index (χ3n) is 13.3. The number of H-pyrrole nitrogens is 2. The van der Waals surface area contributed by atoms with Crippen molar-refractivity contribution in [2.24, 2.45) is 23.2 Å². The number of aromatic amines is 2. The van der Waals surface area contributed by atoms with Crippen LogP contribution in [0, 0.1) is 23.2 Å². The first kappa shape index (κ1) is 43.9. The molecule has 1 aliphatic carbocycles. The van der Waals surface area contributed by atoms with Crippen LogP contribution in [-0.4, -0.2) is 112 Å². The molecule has 6 atom stereocenters. The second kappa shape index (κ2) is 18.1. The van der Waals surface area contributed by atoms with Crippen LogP contribution in [0.2, 0.25) is 0 Å². The minimum Gasteiger partial charge on any atom is -0.453 e. The summed E-state index contributed by atoms with van der Waals surface area (Å²) in [6, 6.07) is 19.6. The van der Waals surface area contributed by atoms with Crippen LogP contribution in [0.15, 0.2) is 73.1 Å². The molecular weight excluding hydrogens is 801 g/mol. The molecular formula is C48H60N8O7. The Morgan fingerprint density at radius 1 is 0.778 bits per heavy atom. The molecule has 15 heteroatoms. The quantitative estimate of drug-likeness (QED) is 0.0752. The first-order valence-corrected chi connectivity index (χ1v) is 22.0. The van der Waals surface area contributed by atoms with Gasteiger partial charge in [-0.1, -0.05) is 76.2 Å². The number of nitrogens with zero attached hydrogens (tertiary/aromatic N) is 4. The Bertz CT molecular complexity index is 2420. The van der Waals surface area contributed by atoms with Crippen molar-refractivity contribution < 1.29 is 33.7 Å². The molecule has 3 fully saturated rings. The molecule has 1 saturated carbocycles. The predicted octanol–water partition coefficient (Wildman–Crippen LogP) is 7.43. The Hall–Kier alpha value is -5.77. The van der Waals surface area contributed by atoms with Gasteiger partial charge in [0.15, 0.2) is 0 Å². The predicted molar refractivity (Wildman–Crippen MR) is 239 cm³/mol. The average Bonchev–Trinajstić information content (AvgIpc) is 3.78. The lowest BCUT2D eigenvalue weighted by Gasteiger charge is -2.36. The Kier molecular flexibility index (Phi) is 12.6. The van der Waals surface area contributed by atoms with Gasteiger partial charge in [-0.2, -0.15) is 0 Å². The van der Waals surface area contributed by atoms with Crippen molar-refractivity contribution in [2.45, 2.75) is 83.8 Å². The van der Waals surface area contributed by atoms with Gasteiger partial charge in [0.2, 0.25) is 5.91 Å². The molecule has 3 aromatic carbocycles. The van der Waals surface area contributed by atoms with E-state index in [1.54, 1.807) is 7.11 Å². The summed E-state index contributed by atoms with van der Waals surface area (Å²) in [4.78, 5) is 58.8. The fraction of sp³-hybridized carbons (Fsp3) is 0.479. The minimum atomic E-state index is -0.892. The van der Waals surface area contributed by atoms with Gasteiger partial charge in [-0.25, -0.2) is 19.6 Å². The van der Waals surface area contributed by atoms with E-state index in [9.17, 15) is 19.5 Å². The van der Waals surface area contributed by atoms with Crippen molar-refractivity contribution in [1.82, 2.24) is 40.4 Å². The van der Waals surface area contributed by atoms with Crippen molar-refractivity contribution in [3.8, 4) is 33.6 Å². The molecule has 15 nitrogen and oxygen atoms in total. The number of fused-ring (bicyclic) bond motifs is 1. The number of alkyl carbamates (subject to hydrolysis) is 2. The number of rotatable bonds is 14. The fourth-order valence-electron chi connectivity index (χ4n) is 9.55.